The molecule has 0 bridgehead atoms. The molecule has 0 atom stereocenters. The van der Waals surface area contributed by atoms with Crippen LogP contribution >= 0.6 is 0 Å². The first-order valence-electron chi connectivity index (χ1n) is 7.23. The summed E-state index contributed by atoms with van der Waals surface area (Å²) in [7, 11) is 0.789. The molecule has 130 valence electrons. The Morgan fingerprint density at radius 3 is 2.42 bits per heavy atom. The smallest absolute Gasteiger partial charge is 0.369 e. The first kappa shape index (κ1) is 18.3. The number of aliphatic imine (C=N–C) groups is 1. The summed E-state index contributed by atoms with van der Waals surface area (Å²) in [5, 5.41) is 9.13. The Hall–Kier alpha value is -2.08. The molecule has 0 radical (unpaired) electrons. The number of nitriles is 1. The van der Waals surface area contributed by atoms with E-state index in [4.69, 9.17) is 5.26 Å². The first-order valence-corrected chi connectivity index (χ1v) is 9.08. The third kappa shape index (κ3) is 4.26. The van der Waals surface area contributed by atoms with Crippen LogP contribution in [0, 0.1) is 11.3 Å². The lowest BCUT2D eigenvalue weighted by atomic mass is 10.0. The van der Waals surface area contributed by atoms with Crippen LogP contribution in [0.3, 0.4) is 0 Å². The highest BCUT2D eigenvalue weighted by atomic mass is 32.2. The molecule has 24 heavy (non-hydrogen) atoms. The van der Waals surface area contributed by atoms with E-state index in [1.807, 2.05) is 0 Å². The Morgan fingerprint density at radius 1 is 1.29 bits per heavy atom. The fourth-order valence-corrected chi connectivity index (χ4v) is 4.51. The van der Waals surface area contributed by atoms with Gasteiger partial charge in [0.15, 0.2) is 0 Å². The molecule has 0 saturated carbocycles. The van der Waals surface area contributed by atoms with Crippen molar-refractivity contribution in [1.82, 2.24) is 4.90 Å². The van der Waals surface area contributed by atoms with E-state index in [9.17, 15) is 17.4 Å². The van der Waals surface area contributed by atoms with E-state index < -0.39 is 27.0 Å². The molecule has 1 saturated heterocycles. The minimum absolute atomic E-state index is 0.0564. The van der Waals surface area contributed by atoms with Crippen LogP contribution in [0.15, 0.2) is 21.5 Å². The summed E-state index contributed by atoms with van der Waals surface area (Å²) >= 11 is 0. The quantitative estimate of drug-likeness (QED) is 0.611. The van der Waals surface area contributed by atoms with Crippen LogP contribution in [0.2, 0.25) is 0 Å². The number of hydrogen-bond donors (Lipinski definition) is 0. The van der Waals surface area contributed by atoms with E-state index in [0.29, 0.717) is 11.5 Å². The number of nitrogens with zero attached hydrogens (tertiary/aromatic N) is 4. The molecule has 0 spiro atoms. The number of rotatable bonds is 3. The lowest BCUT2D eigenvalue weighted by molar-refractivity contribution is -0.137. The number of benzene rings is 1. The highest BCUT2D eigenvalue weighted by molar-refractivity contribution is 7.93. The monoisotopic (exact) mass is 358 g/mol. The van der Waals surface area contributed by atoms with Gasteiger partial charge < -0.3 is 4.90 Å². The van der Waals surface area contributed by atoms with E-state index in [0.717, 1.165) is 18.9 Å². The Labute approximate surface area is 139 Å². The topological polar surface area (TPSA) is 68.8 Å². The van der Waals surface area contributed by atoms with Gasteiger partial charge in [-0.3, -0.25) is 0 Å². The summed E-state index contributed by atoms with van der Waals surface area (Å²) in [5.41, 5.74) is -1.88. The zero-order chi connectivity index (χ0) is 18.0. The van der Waals surface area contributed by atoms with Gasteiger partial charge in [0, 0.05) is 25.6 Å². The maximum absolute atomic E-state index is 13.3. The van der Waals surface area contributed by atoms with Crippen LogP contribution in [0.25, 0.3) is 0 Å². The van der Waals surface area contributed by atoms with Crippen molar-refractivity contribution in [2.75, 3.05) is 25.6 Å². The molecular weight excluding hydrogens is 341 g/mol. The van der Waals surface area contributed by atoms with E-state index >= 15 is 0 Å². The summed E-state index contributed by atoms with van der Waals surface area (Å²) in [6.45, 7) is 0. The molecule has 0 aromatic heterocycles. The molecule has 1 aliphatic rings. The number of hydrogen-bond acceptors (Lipinski definition) is 4. The molecule has 0 aliphatic carbocycles. The van der Waals surface area contributed by atoms with Crippen molar-refractivity contribution >= 4 is 27.4 Å². The highest BCUT2D eigenvalue weighted by Gasteiger charge is 2.35. The molecule has 1 aromatic carbocycles. The van der Waals surface area contributed by atoms with Crippen molar-refractivity contribution < 1.29 is 17.4 Å². The van der Waals surface area contributed by atoms with Crippen molar-refractivity contribution in [2.45, 2.75) is 19.0 Å². The van der Waals surface area contributed by atoms with Crippen molar-refractivity contribution in [3.63, 3.8) is 0 Å². The maximum Gasteiger partial charge on any atom is 0.417 e. The van der Waals surface area contributed by atoms with Gasteiger partial charge in [-0.25, -0.2) is 9.20 Å². The van der Waals surface area contributed by atoms with E-state index in [1.165, 1.54) is 17.3 Å². The Bertz CT molecular complexity index is 803. The minimum atomic E-state index is -4.72. The molecule has 2 rings (SSSR count). The predicted molar refractivity (Wildman–Crippen MR) is 87.2 cm³/mol. The second kappa shape index (κ2) is 6.81. The van der Waals surface area contributed by atoms with Crippen LogP contribution in [0.1, 0.15) is 24.0 Å². The van der Waals surface area contributed by atoms with Gasteiger partial charge in [0.25, 0.3) is 0 Å². The molecule has 5 nitrogen and oxygen atoms in total. The Kier molecular flexibility index (Phi) is 5.18. The molecule has 1 heterocycles. The molecular formula is C15H17F3N4OS. The normalized spacial score (nSPS) is 17.0. The molecule has 0 amide bonds. The van der Waals surface area contributed by atoms with Crippen LogP contribution in [0.4, 0.5) is 24.5 Å². The van der Waals surface area contributed by atoms with E-state index in [-0.39, 0.29) is 11.4 Å². The first-order chi connectivity index (χ1) is 11.1. The van der Waals surface area contributed by atoms with Gasteiger partial charge in [-0.05, 0) is 25.0 Å². The Balaban J connectivity index is 2.68. The van der Waals surface area contributed by atoms with Gasteiger partial charge in [0.1, 0.15) is 6.07 Å². The minimum Gasteiger partial charge on any atom is -0.369 e. The largest absolute Gasteiger partial charge is 0.417 e. The average molecular weight is 358 g/mol. The summed E-state index contributed by atoms with van der Waals surface area (Å²) in [6, 6.07) is 3.61. The van der Waals surface area contributed by atoms with Crippen LogP contribution in [0.5, 0.6) is 0 Å². The standard InChI is InChI=1S/C15H17F3N4OS/c1-22(2)10-20-14-8-11(21-24(23)5-3-4-6-24)7-13(12(14)9-19)15(16,17)18/h7-8,10H,3-6H2,1-2H3/b20-10+. The fourth-order valence-electron chi connectivity index (χ4n) is 2.33. The van der Waals surface area contributed by atoms with Gasteiger partial charge in [-0.2, -0.15) is 22.8 Å². The van der Waals surface area contributed by atoms with Crippen LogP contribution in [-0.4, -0.2) is 41.0 Å². The fraction of sp³-hybridized carbons (Fsp3) is 0.467. The molecule has 9 heteroatoms. The molecule has 0 N–H and O–H groups in total. The average Bonchev–Trinajstić information content (AvgIpc) is 2.89. The van der Waals surface area contributed by atoms with Crippen molar-refractivity contribution in [1.29, 1.82) is 5.26 Å². The van der Waals surface area contributed by atoms with Crippen LogP contribution < -0.4 is 0 Å². The van der Waals surface area contributed by atoms with Gasteiger partial charge in [0.2, 0.25) is 0 Å². The summed E-state index contributed by atoms with van der Waals surface area (Å²) in [4.78, 5) is 5.47. The Morgan fingerprint density at radius 2 is 1.92 bits per heavy atom. The van der Waals surface area contributed by atoms with Crippen molar-refractivity contribution in [3.8, 4) is 6.07 Å². The molecule has 1 aromatic rings. The van der Waals surface area contributed by atoms with Crippen molar-refractivity contribution in [2.24, 2.45) is 9.36 Å². The zero-order valence-electron chi connectivity index (χ0n) is 13.3. The van der Waals surface area contributed by atoms with Gasteiger partial charge in [-0.15, -0.1) is 0 Å². The second-order valence-electron chi connectivity index (χ2n) is 5.68. The van der Waals surface area contributed by atoms with Gasteiger partial charge in [-0.1, -0.05) is 0 Å². The maximum atomic E-state index is 13.3. The lowest BCUT2D eigenvalue weighted by Crippen LogP contribution is -2.09. The molecule has 1 aliphatic heterocycles. The summed E-state index contributed by atoms with van der Waals surface area (Å²) in [5.74, 6) is 0.759. The van der Waals surface area contributed by atoms with Gasteiger partial charge in [0.05, 0.1) is 38.6 Å². The SMILES string of the molecule is CN(C)/C=N/c1cc(N=S2(=O)CCCC2)cc(C(F)(F)F)c1C#N. The second-order valence-corrected chi connectivity index (χ2v) is 8.23. The third-order valence-electron chi connectivity index (χ3n) is 3.40. The number of alkyl halides is 3. The van der Waals surface area contributed by atoms with Crippen LogP contribution in [-0.2, 0) is 15.9 Å². The van der Waals surface area contributed by atoms with E-state index in [1.54, 1.807) is 20.2 Å². The third-order valence-corrected chi connectivity index (χ3v) is 5.79. The lowest BCUT2D eigenvalue weighted by Gasteiger charge is -2.12. The molecule has 0 unspecified atom stereocenters. The van der Waals surface area contributed by atoms with Crippen molar-refractivity contribution in [3.05, 3.63) is 23.3 Å². The summed E-state index contributed by atoms with van der Waals surface area (Å²) < 4.78 is 56.4. The predicted octanol–water partition coefficient (Wildman–Crippen LogP) is 3.69. The van der Waals surface area contributed by atoms with E-state index in [2.05, 4.69) is 9.36 Å². The van der Waals surface area contributed by atoms with Gasteiger partial charge >= 0.3 is 6.18 Å². The molecule has 1 fully saturated rings. The summed E-state index contributed by atoms with van der Waals surface area (Å²) in [6.07, 6.45) is -1.93. The highest BCUT2D eigenvalue weighted by Crippen LogP contribution is 2.39. The number of halogens is 3. The zero-order valence-corrected chi connectivity index (χ0v) is 14.1.